The van der Waals surface area contributed by atoms with E-state index < -0.39 is 12.5 Å². The lowest BCUT2D eigenvalue weighted by atomic mass is 10.3. The SMILES string of the molecule is O=C(CSc1nnc(-c2cccnc2)o1)Nc1ccccc1OC(F)F. The molecule has 0 saturated carbocycles. The largest absolute Gasteiger partial charge is 0.433 e. The summed E-state index contributed by atoms with van der Waals surface area (Å²) in [4.78, 5) is 16.0. The van der Waals surface area contributed by atoms with Crippen molar-refractivity contribution in [1.82, 2.24) is 15.2 Å². The quantitative estimate of drug-likeness (QED) is 0.630. The van der Waals surface area contributed by atoms with Crippen molar-refractivity contribution in [3.63, 3.8) is 0 Å². The third kappa shape index (κ3) is 4.76. The van der Waals surface area contributed by atoms with Crippen molar-refractivity contribution in [1.29, 1.82) is 0 Å². The lowest BCUT2D eigenvalue weighted by Crippen LogP contribution is -2.15. The Labute approximate surface area is 150 Å². The van der Waals surface area contributed by atoms with Crippen LogP contribution in [0.4, 0.5) is 14.5 Å². The molecule has 134 valence electrons. The number of benzene rings is 1. The number of alkyl halides is 2. The number of amides is 1. The van der Waals surface area contributed by atoms with Crippen LogP contribution in [0.3, 0.4) is 0 Å². The molecule has 0 aliphatic carbocycles. The molecule has 3 rings (SSSR count). The molecule has 0 fully saturated rings. The van der Waals surface area contributed by atoms with E-state index >= 15 is 0 Å². The molecule has 0 bridgehead atoms. The molecule has 7 nitrogen and oxygen atoms in total. The van der Waals surface area contributed by atoms with Gasteiger partial charge in [0, 0.05) is 12.4 Å². The maximum absolute atomic E-state index is 12.4. The number of hydrogen-bond acceptors (Lipinski definition) is 7. The van der Waals surface area contributed by atoms with Crippen LogP contribution in [-0.4, -0.2) is 33.5 Å². The van der Waals surface area contributed by atoms with Gasteiger partial charge in [0.2, 0.25) is 11.8 Å². The third-order valence-corrected chi connectivity index (χ3v) is 3.84. The Hall–Kier alpha value is -3.01. The van der Waals surface area contributed by atoms with Crippen LogP contribution in [0.2, 0.25) is 0 Å². The minimum absolute atomic E-state index is 0.0440. The summed E-state index contributed by atoms with van der Waals surface area (Å²) in [7, 11) is 0. The van der Waals surface area contributed by atoms with Crippen molar-refractivity contribution >= 4 is 23.4 Å². The summed E-state index contributed by atoms with van der Waals surface area (Å²) in [5.41, 5.74) is 0.814. The van der Waals surface area contributed by atoms with Crippen molar-refractivity contribution in [2.24, 2.45) is 0 Å². The number of aromatic nitrogens is 3. The van der Waals surface area contributed by atoms with Crippen LogP contribution in [0.15, 0.2) is 58.4 Å². The lowest BCUT2D eigenvalue weighted by Gasteiger charge is -2.11. The lowest BCUT2D eigenvalue weighted by molar-refractivity contribution is -0.113. The number of pyridine rings is 1. The average Bonchev–Trinajstić information content (AvgIpc) is 3.11. The first-order valence-corrected chi connectivity index (χ1v) is 8.31. The van der Waals surface area contributed by atoms with E-state index in [1.807, 2.05) is 0 Å². The highest BCUT2D eigenvalue weighted by Gasteiger charge is 2.14. The van der Waals surface area contributed by atoms with Crippen molar-refractivity contribution in [2.45, 2.75) is 11.8 Å². The molecule has 10 heteroatoms. The van der Waals surface area contributed by atoms with Crippen LogP contribution in [0, 0.1) is 0 Å². The van der Waals surface area contributed by atoms with E-state index in [2.05, 4.69) is 25.2 Å². The molecule has 1 N–H and O–H groups in total. The third-order valence-electron chi connectivity index (χ3n) is 3.02. The summed E-state index contributed by atoms with van der Waals surface area (Å²) < 4.78 is 34.6. The standard InChI is InChI=1S/C16H12F2N4O3S/c17-15(18)24-12-6-2-1-5-11(12)20-13(23)9-26-16-22-21-14(25-16)10-4-3-7-19-8-10/h1-8,15H,9H2,(H,20,23). The zero-order valence-corrected chi connectivity index (χ0v) is 14.0. The number of carbonyl (C=O) groups excluding carboxylic acids is 1. The normalized spacial score (nSPS) is 10.7. The van der Waals surface area contributed by atoms with E-state index in [0.29, 0.717) is 5.56 Å². The molecule has 0 spiro atoms. The van der Waals surface area contributed by atoms with E-state index in [9.17, 15) is 13.6 Å². The van der Waals surface area contributed by atoms with Gasteiger partial charge in [-0.1, -0.05) is 23.9 Å². The summed E-state index contributed by atoms with van der Waals surface area (Å²) in [5.74, 6) is -0.298. The smallest absolute Gasteiger partial charge is 0.387 e. The van der Waals surface area contributed by atoms with Gasteiger partial charge >= 0.3 is 6.61 Å². The number of ether oxygens (including phenoxy) is 1. The molecule has 2 heterocycles. The fourth-order valence-electron chi connectivity index (χ4n) is 1.96. The van der Waals surface area contributed by atoms with E-state index in [0.717, 1.165) is 11.8 Å². The summed E-state index contributed by atoms with van der Waals surface area (Å²) in [6.45, 7) is -2.98. The average molecular weight is 378 g/mol. The summed E-state index contributed by atoms with van der Waals surface area (Å²) in [6, 6.07) is 9.43. The molecule has 0 aliphatic rings. The number of para-hydroxylation sites is 2. The molecule has 1 amide bonds. The van der Waals surface area contributed by atoms with Gasteiger partial charge in [0.05, 0.1) is 17.0 Å². The summed E-state index contributed by atoms with van der Waals surface area (Å²) >= 11 is 1.02. The van der Waals surface area contributed by atoms with Gasteiger partial charge in [-0.15, -0.1) is 10.2 Å². The molecule has 26 heavy (non-hydrogen) atoms. The number of hydrogen-bond donors (Lipinski definition) is 1. The molecular formula is C16H12F2N4O3S. The van der Waals surface area contributed by atoms with Gasteiger partial charge in [0.1, 0.15) is 5.75 Å². The Bertz CT molecular complexity index is 877. The maximum atomic E-state index is 12.4. The van der Waals surface area contributed by atoms with Crippen LogP contribution in [-0.2, 0) is 4.79 Å². The monoisotopic (exact) mass is 378 g/mol. The predicted octanol–water partition coefficient (Wildman–Crippen LogP) is 3.46. The van der Waals surface area contributed by atoms with Gasteiger partial charge < -0.3 is 14.5 Å². The van der Waals surface area contributed by atoms with E-state index in [-0.39, 0.29) is 28.3 Å². The van der Waals surface area contributed by atoms with Crippen LogP contribution >= 0.6 is 11.8 Å². The van der Waals surface area contributed by atoms with Gasteiger partial charge in [-0.05, 0) is 24.3 Å². The number of rotatable bonds is 7. The molecule has 3 aromatic rings. The molecule has 1 aromatic carbocycles. The van der Waals surface area contributed by atoms with Gasteiger partial charge in [-0.2, -0.15) is 8.78 Å². The number of carbonyl (C=O) groups is 1. The van der Waals surface area contributed by atoms with E-state index in [1.165, 1.54) is 18.2 Å². The van der Waals surface area contributed by atoms with Crippen LogP contribution in [0.5, 0.6) is 5.75 Å². The first-order valence-electron chi connectivity index (χ1n) is 7.32. The number of nitrogens with one attached hydrogen (secondary N) is 1. The Morgan fingerprint density at radius 1 is 1.23 bits per heavy atom. The number of halogens is 2. The van der Waals surface area contributed by atoms with E-state index in [1.54, 1.807) is 30.6 Å². The highest BCUT2D eigenvalue weighted by Crippen LogP contribution is 2.26. The maximum Gasteiger partial charge on any atom is 0.387 e. The van der Waals surface area contributed by atoms with Crippen molar-refractivity contribution in [3.8, 4) is 17.2 Å². The Morgan fingerprint density at radius 2 is 2.08 bits per heavy atom. The Balaban J connectivity index is 1.58. The van der Waals surface area contributed by atoms with Crippen molar-refractivity contribution < 1.29 is 22.7 Å². The Morgan fingerprint density at radius 3 is 2.85 bits per heavy atom. The van der Waals surface area contributed by atoms with Gasteiger partial charge in [-0.25, -0.2) is 0 Å². The summed E-state index contributed by atoms with van der Waals surface area (Å²) in [5, 5.41) is 10.4. The summed E-state index contributed by atoms with van der Waals surface area (Å²) in [6.07, 6.45) is 3.20. The van der Waals surface area contributed by atoms with Gasteiger partial charge in [0.25, 0.3) is 5.22 Å². The van der Waals surface area contributed by atoms with Crippen LogP contribution < -0.4 is 10.1 Å². The predicted molar refractivity (Wildman–Crippen MR) is 90.0 cm³/mol. The Kier molecular flexibility index (Phi) is 5.74. The fourth-order valence-corrected chi connectivity index (χ4v) is 2.52. The number of anilines is 1. The van der Waals surface area contributed by atoms with Crippen LogP contribution in [0.25, 0.3) is 11.5 Å². The number of nitrogens with zero attached hydrogens (tertiary/aromatic N) is 3. The van der Waals surface area contributed by atoms with Gasteiger partial charge in [-0.3, -0.25) is 9.78 Å². The fraction of sp³-hybridized carbons (Fsp3) is 0.125. The molecule has 0 unspecified atom stereocenters. The molecule has 0 atom stereocenters. The zero-order chi connectivity index (χ0) is 18.4. The van der Waals surface area contributed by atoms with Crippen LogP contribution in [0.1, 0.15) is 0 Å². The second kappa shape index (κ2) is 8.39. The highest BCUT2D eigenvalue weighted by atomic mass is 32.2. The topological polar surface area (TPSA) is 90.1 Å². The first-order chi connectivity index (χ1) is 12.6. The minimum atomic E-state index is -2.98. The molecule has 0 aliphatic heterocycles. The highest BCUT2D eigenvalue weighted by molar-refractivity contribution is 7.99. The number of thioether (sulfide) groups is 1. The van der Waals surface area contributed by atoms with Gasteiger partial charge in [0.15, 0.2) is 0 Å². The molecular weight excluding hydrogens is 366 g/mol. The van der Waals surface area contributed by atoms with Crippen molar-refractivity contribution in [2.75, 3.05) is 11.1 Å². The van der Waals surface area contributed by atoms with Crippen molar-refractivity contribution in [3.05, 3.63) is 48.8 Å². The second-order valence-electron chi connectivity index (χ2n) is 4.83. The van der Waals surface area contributed by atoms with E-state index in [4.69, 9.17) is 4.42 Å². The first kappa shape index (κ1) is 17.8. The minimum Gasteiger partial charge on any atom is -0.433 e. The molecule has 2 aromatic heterocycles. The second-order valence-corrected chi connectivity index (χ2v) is 5.75. The molecule has 0 saturated heterocycles. The molecule has 0 radical (unpaired) electrons. The zero-order valence-electron chi connectivity index (χ0n) is 13.1.